The van der Waals surface area contributed by atoms with Gasteiger partial charge in [-0.3, -0.25) is 14.5 Å². The molecule has 8 nitrogen and oxygen atoms in total. The number of hydrogen-bond donors (Lipinski definition) is 2. The number of nitrogens with one attached hydrogen (secondary N) is 2. The Kier molecular flexibility index (Phi) is 8.65. The average Bonchev–Trinajstić information content (AvgIpc) is 3.42. The van der Waals surface area contributed by atoms with Crippen LogP contribution in [0.25, 0.3) is 11.4 Å². The van der Waals surface area contributed by atoms with E-state index in [2.05, 4.69) is 25.7 Å². The molecule has 0 radical (unpaired) electrons. The first kappa shape index (κ1) is 26.6. The number of para-hydroxylation sites is 1. The minimum atomic E-state index is -0.219. The van der Waals surface area contributed by atoms with Gasteiger partial charge in [-0.25, -0.2) is 0 Å². The third kappa shape index (κ3) is 7.10. The molecular weight excluding hydrogens is 514 g/mol. The maximum absolute atomic E-state index is 13.2. The Morgan fingerprint density at radius 1 is 1.03 bits per heavy atom. The van der Waals surface area contributed by atoms with Crippen LogP contribution in [0.15, 0.2) is 83.4 Å². The van der Waals surface area contributed by atoms with E-state index in [-0.39, 0.29) is 17.7 Å². The molecule has 3 aromatic carbocycles. The molecule has 2 amide bonds. The number of rotatable bonds is 9. The van der Waals surface area contributed by atoms with Crippen molar-refractivity contribution in [1.29, 1.82) is 0 Å². The van der Waals surface area contributed by atoms with Crippen LogP contribution in [-0.2, 0) is 17.8 Å². The number of aromatic nitrogens is 2. The summed E-state index contributed by atoms with van der Waals surface area (Å²) in [6.07, 6.45) is 2.38. The van der Waals surface area contributed by atoms with Gasteiger partial charge < -0.3 is 15.2 Å². The fraction of sp³-hybridized carbons (Fsp3) is 0.267. The SMILES string of the molecule is O=C(NCCc1ccccc1)c1ccccc1NC(=O)C1CCCN(Cc2nc(-c3cccc(Cl)c3)no2)C1. The molecule has 0 spiro atoms. The Bertz CT molecular complexity index is 1420. The van der Waals surface area contributed by atoms with Gasteiger partial charge in [-0.15, -0.1) is 0 Å². The van der Waals surface area contributed by atoms with Crippen molar-refractivity contribution in [2.45, 2.75) is 25.8 Å². The quantitative estimate of drug-likeness (QED) is 0.300. The Hall–Kier alpha value is -4.01. The van der Waals surface area contributed by atoms with Crippen LogP contribution in [0.4, 0.5) is 5.69 Å². The molecule has 1 aliphatic rings. The van der Waals surface area contributed by atoms with E-state index in [1.807, 2.05) is 48.5 Å². The van der Waals surface area contributed by atoms with Crippen LogP contribution in [0.1, 0.15) is 34.7 Å². The first-order chi connectivity index (χ1) is 19.0. The lowest BCUT2D eigenvalue weighted by molar-refractivity contribution is -0.121. The van der Waals surface area contributed by atoms with Gasteiger partial charge in [0.05, 0.1) is 23.7 Å². The van der Waals surface area contributed by atoms with Crippen molar-refractivity contribution in [3.05, 3.63) is 101 Å². The number of hydrogen-bond acceptors (Lipinski definition) is 6. The van der Waals surface area contributed by atoms with Crippen molar-refractivity contribution in [1.82, 2.24) is 20.4 Å². The average molecular weight is 544 g/mol. The Labute approximate surface area is 232 Å². The van der Waals surface area contributed by atoms with Crippen molar-refractivity contribution >= 4 is 29.1 Å². The van der Waals surface area contributed by atoms with Crippen molar-refractivity contribution in [3.63, 3.8) is 0 Å². The zero-order chi connectivity index (χ0) is 27.0. The molecule has 39 heavy (non-hydrogen) atoms. The van der Waals surface area contributed by atoms with Gasteiger partial charge in [-0.1, -0.05) is 71.4 Å². The molecule has 1 saturated heterocycles. The summed E-state index contributed by atoms with van der Waals surface area (Å²) in [5.41, 5.74) is 2.91. The maximum atomic E-state index is 13.2. The lowest BCUT2D eigenvalue weighted by Gasteiger charge is -2.31. The van der Waals surface area contributed by atoms with Crippen molar-refractivity contribution in [3.8, 4) is 11.4 Å². The van der Waals surface area contributed by atoms with E-state index < -0.39 is 0 Å². The van der Waals surface area contributed by atoms with Crippen LogP contribution < -0.4 is 10.6 Å². The van der Waals surface area contributed by atoms with Crippen molar-refractivity contribution in [2.24, 2.45) is 5.92 Å². The molecular formula is C30H30ClN5O3. The molecule has 2 N–H and O–H groups in total. The summed E-state index contributed by atoms with van der Waals surface area (Å²) in [7, 11) is 0. The first-order valence-corrected chi connectivity index (χ1v) is 13.5. The van der Waals surface area contributed by atoms with Gasteiger partial charge in [0.15, 0.2) is 0 Å². The summed E-state index contributed by atoms with van der Waals surface area (Å²) in [6, 6.07) is 24.4. The molecule has 1 aromatic heterocycles. The van der Waals surface area contributed by atoms with Gasteiger partial charge in [0.25, 0.3) is 5.91 Å². The third-order valence-electron chi connectivity index (χ3n) is 6.76. The van der Waals surface area contributed by atoms with Crippen LogP contribution in [-0.4, -0.2) is 46.5 Å². The molecule has 1 fully saturated rings. The van der Waals surface area contributed by atoms with E-state index in [1.54, 1.807) is 30.3 Å². The number of nitrogens with zero attached hydrogens (tertiary/aromatic N) is 3. The fourth-order valence-electron chi connectivity index (χ4n) is 4.75. The van der Waals surface area contributed by atoms with Crippen LogP contribution in [0.5, 0.6) is 0 Å². The maximum Gasteiger partial charge on any atom is 0.253 e. The van der Waals surface area contributed by atoms with Gasteiger partial charge in [0, 0.05) is 23.7 Å². The number of benzene rings is 3. The molecule has 9 heteroatoms. The topological polar surface area (TPSA) is 100 Å². The van der Waals surface area contributed by atoms with E-state index in [9.17, 15) is 9.59 Å². The lowest BCUT2D eigenvalue weighted by Crippen LogP contribution is -2.40. The standard InChI is InChI=1S/C30H30ClN5O3/c31-24-12-6-10-22(18-24)28-34-27(39-35-28)20-36-17-7-11-23(19-36)29(37)33-26-14-5-4-13-25(26)30(38)32-16-15-21-8-2-1-3-9-21/h1-6,8-10,12-14,18,23H,7,11,15-17,19-20H2,(H,32,38)(H,33,37). The Balaban J connectivity index is 1.16. The number of halogens is 1. The molecule has 1 unspecified atom stereocenters. The number of piperidine rings is 1. The highest BCUT2D eigenvalue weighted by Crippen LogP contribution is 2.24. The number of carbonyl (C=O) groups excluding carboxylic acids is 2. The first-order valence-electron chi connectivity index (χ1n) is 13.1. The van der Waals surface area contributed by atoms with Crippen molar-refractivity contribution in [2.75, 3.05) is 25.0 Å². The number of amides is 2. The summed E-state index contributed by atoms with van der Waals surface area (Å²) < 4.78 is 5.46. The number of likely N-dealkylation sites (tertiary alicyclic amines) is 1. The van der Waals surface area contributed by atoms with Gasteiger partial charge in [-0.2, -0.15) is 4.98 Å². The minimum absolute atomic E-state index is 0.102. The highest BCUT2D eigenvalue weighted by atomic mass is 35.5. The van der Waals surface area contributed by atoms with Crippen LogP contribution in [0, 0.1) is 5.92 Å². The highest BCUT2D eigenvalue weighted by Gasteiger charge is 2.28. The second-order valence-corrected chi connectivity index (χ2v) is 10.1. The predicted octanol–water partition coefficient (Wildman–Crippen LogP) is 5.21. The summed E-state index contributed by atoms with van der Waals surface area (Å²) in [4.78, 5) is 32.8. The molecule has 5 rings (SSSR count). The molecule has 0 aliphatic carbocycles. The predicted molar refractivity (Wildman–Crippen MR) is 150 cm³/mol. The van der Waals surface area contributed by atoms with Gasteiger partial charge in [0.1, 0.15) is 0 Å². The molecule has 2 heterocycles. The molecule has 0 saturated carbocycles. The smallest absolute Gasteiger partial charge is 0.253 e. The number of anilines is 1. The lowest BCUT2D eigenvalue weighted by atomic mass is 9.96. The van der Waals surface area contributed by atoms with Gasteiger partial charge in [0.2, 0.25) is 17.6 Å². The second-order valence-electron chi connectivity index (χ2n) is 9.62. The van der Waals surface area contributed by atoms with E-state index in [0.29, 0.717) is 47.6 Å². The summed E-state index contributed by atoms with van der Waals surface area (Å²) in [5, 5.41) is 10.6. The monoisotopic (exact) mass is 543 g/mol. The van der Waals surface area contributed by atoms with E-state index in [0.717, 1.165) is 36.9 Å². The van der Waals surface area contributed by atoms with Crippen LogP contribution in [0.3, 0.4) is 0 Å². The number of carbonyl (C=O) groups is 2. The zero-order valence-electron chi connectivity index (χ0n) is 21.5. The highest BCUT2D eigenvalue weighted by molar-refractivity contribution is 6.30. The third-order valence-corrected chi connectivity index (χ3v) is 6.99. The Morgan fingerprint density at radius 3 is 2.69 bits per heavy atom. The summed E-state index contributed by atoms with van der Waals surface area (Å²) in [5.74, 6) is 0.442. The van der Waals surface area contributed by atoms with Crippen LogP contribution >= 0.6 is 11.6 Å². The summed E-state index contributed by atoms with van der Waals surface area (Å²) in [6.45, 7) is 2.36. The van der Waals surface area contributed by atoms with E-state index in [1.165, 1.54) is 0 Å². The van der Waals surface area contributed by atoms with Crippen LogP contribution in [0.2, 0.25) is 5.02 Å². The van der Waals surface area contributed by atoms with E-state index >= 15 is 0 Å². The fourth-order valence-corrected chi connectivity index (χ4v) is 4.94. The minimum Gasteiger partial charge on any atom is -0.352 e. The Morgan fingerprint density at radius 2 is 1.85 bits per heavy atom. The van der Waals surface area contributed by atoms with Gasteiger partial charge >= 0.3 is 0 Å². The molecule has 200 valence electrons. The largest absolute Gasteiger partial charge is 0.352 e. The zero-order valence-corrected chi connectivity index (χ0v) is 22.2. The van der Waals surface area contributed by atoms with Gasteiger partial charge in [-0.05, 0) is 55.6 Å². The normalized spacial score (nSPS) is 15.6. The van der Waals surface area contributed by atoms with E-state index in [4.69, 9.17) is 16.1 Å². The molecule has 4 aromatic rings. The molecule has 1 aliphatic heterocycles. The van der Waals surface area contributed by atoms with Crippen molar-refractivity contribution < 1.29 is 14.1 Å². The summed E-state index contributed by atoms with van der Waals surface area (Å²) >= 11 is 6.08. The molecule has 0 bridgehead atoms. The second kappa shape index (κ2) is 12.7. The molecule has 1 atom stereocenters.